The average molecular weight is 393 g/mol. The van der Waals surface area contributed by atoms with E-state index in [-0.39, 0.29) is 11.9 Å². The summed E-state index contributed by atoms with van der Waals surface area (Å²) < 4.78 is 15.3. The van der Waals surface area contributed by atoms with Gasteiger partial charge in [0.2, 0.25) is 0 Å². The fraction of sp³-hybridized carbons (Fsp3) is 0.231. The van der Waals surface area contributed by atoms with Gasteiger partial charge in [-0.05, 0) is 59.7 Å². The van der Waals surface area contributed by atoms with Gasteiger partial charge in [0.15, 0.2) is 0 Å². The van der Waals surface area contributed by atoms with E-state index in [0.717, 1.165) is 14.5 Å². The van der Waals surface area contributed by atoms with Gasteiger partial charge in [-0.25, -0.2) is 4.39 Å². The summed E-state index contributed by atoms with van der Waals surface area (Å²) in [6.45, 7) is 2.06. The van der Waals surface area contributed by atoms with E-state index < -0.39 is 0 Å². The lowest BCUT2D eigenvalue weighted by Gasteiger charge is -2.15. The number of nitrogens with one attached hydrogen (secondary N) is 1. The zero-order valence-electron chi connectivity index (χ0n) is 9.93. The van der Waals surface area contributed by atoms with Crippen LogP contribution in [0.4, 0.5) is 4.39 Å². The summed E-state index contributed by atoms with van der Waals surface area (Å²) in [5.74, 6) is -0.230. The molecule has 1 aromatic carbocycles. The number of hydrogen-bond donors (Lipinski definition) is 1. The number of benzene rings is 1. The molecule has 0 bridgehead atoms. The van der Waals surface area contributed by atoms with E-state index in [2.05, 4.69) is 50.2 Å². The van der Waals surface area contributed by atoms with Gasteiger partial charge in [0.1, 0.15) is 5.82 Å². The molecule has 96 valence electrons. The molecule has 1 N–H and O–H groups in total. The quantitative estimate of drug-likeness (QED) is 0.772. The minimum absolute atomic E-state index is 0.00648. The largest absolute Gasteiger partial charge is 0.309 e. The number of rotatable bonds is 3. The molecular weight excluding hydrogens is 381 g/mol. The van der Waals surface area contributed by atoms with Crippen molar-refractivity contribution in [3.05, 3.63) is 54.3 Å². The summed E-state index contributed by atoms with van der Waals surface area (Å²) in [5, 5.41) is 3.23. The van der Waals surface area contributed by atoms with Crippen LogP contribution in [-0.2, 0) is 0 Å². The third-order valence-electron chi connectivity index (χ3n) is 2.67. The third-order valence-corrected chi connectivity index (χ3v) is 5.33. The summed E-state index contributed by atoms with van der Waals surface area (Å²) in [4.78, 5) is 2.39. The van der Waals surface area contributed by atoms with Crippen LogP contribution in [0.25, 0.3) is 0 Å². The molecule has 1 aromatic heterocycles. The Balaban J connectivity index is 2.44. The highest BCUT2D eigenvalue weighted by Crippen LogP contribution is 2.34. The maximum absolute atomic E-state index is 13.5. The van der Waals surface area contributed by atoms with Crippen LogP contribution in [0.5, 0.6) is 0 Å². The molecule has 1 nitrogen and oxygen atoms in total. The predicted molar refractivity (Wildman–Crippen MR) is 81.8 cm³/mol. The van der Waals surface area contributed by atoms with Crippen molar-refractivity contribution >= 4 is 43.2 Å². The lowest BCUT2D eigenvalue weighted by Crippen LogP contribution is -2.16. The Labute approximate surface area is 127 Å². The van der Waals surface area contributed by atoms with Gasteiger partial charge in [0.05, 0.1) is 6.04 Å². The van der Waals surface area contributed by atoms with E-state index in [0.29, 0.717) is 0 Å². The van der Waals surface area contributed by atoms with Gasteiger partial charge in [0.25, 0.3) is 0 Å². The van der Waals surface area contributed by atoms with Crippen molar-refractivity contribution in [1.29, 1.82) is 0 Å². The molecule has 0 spiro atoms. The van der Waals surface area contributed by atoms with Crippen LogP contribution in [0.2, 0.25) is 0 Å². The smallest absolute Gasteiger partial charge is 0.124 e. The predicted octanol–water partition coefficient (Wildman–Crippen LogP) is 5.03. The molecule has 0 aliphatic rings. The maximum Gasteiger partial charge on any atom is 0.124 e. The molecule has 0 radical (unpaired) electrons. The van der Waals surface area contributed by atoms with Gasteiger partial charge in [-0.1, -0.05) is 15.9 Å². The normalized spacial score (nSPS) is 12.7. The SMILES string of the molecule is CNC(c1cc(F)cc(Br)c1)c1cc(Br)c(C)s1. The maximum atomic E-state index is 13.5. The highest BCUT2D eigenvalue weighted by Gasteiger charge is 2.16. The highest BCUT2D eigenvalue weighted by molar-refractivity contribution is 9.10. The minimum Gasteiger partial charge on any atom is -0.309 e. The monoisotopic (exact) mass is 391 g/mol. The van der Waals surface area contributed by atoms with Gasteiger partial charge >= 0.3 is 0 Å². The molecule has 5 heteroatoms. The van der Waals surface area contributed by atoms with Gasteiger partial charge in [-0.15, -0.1) is 11.3 Å². The Kier molecular flexibility index (Phi) is 4.59. The molecule has 0 saturated carbocycles. The fourth-order valence-electron chi connectivity index (χ4n) is 1.84. The molecule has 0 fully saturated rings. The molecular formula is C13H12Br2FNS. The van der Waals surface area contributed by atoms with Crippen molar-refractivity contribution in [2.75, 3.05) is 7.05 Å². The molecule has 2 aromatic rings. The van der Waals surface area contributed by atoms with Crippen LogP contribution in [0.1, 0.15) is 21.4 Å². The summed E-state index contributed by atoms with van der Waals surface area (Å²) >= 11 is 8.55. The van der Waals surface area contributed by atoms with E-state index in [1.807, 2.05) is 13.1 Å². The van der Waals surface area contributed by atoms with Crippen LogP contribution in [0.15, 0.2) is 33.2 Å². The molecule has 18 heavy (non-hydrogen) atoms. The molecule has 0 aliphatic carbocycles. The topological polar surface area (TPSA) is 12.0 Å². The third kappa shape index (κ3) is 3.02. The van der Waals surface area contributed by atoms with Crippen LogP contribution in [0.3, 0.4) is 0 Å². The van der Waals surface area contributed by atoms with E-state index in [4.69, 9.17) is 0 Å². The van der Waals surface area contributed by atoms with E-state index in [1.54, 1.807) is 17.4 Å². The Bertz CT molecular complexity index is 528. The van der Waals surface area contributed by atoms with Gasteiger partial charge < -0.3 is 5.32 Å². The van der Waals surface area contributed by atoms with E-state index in [9.17, 15) is 4.39 Å². The fourth-order valence-corrected chi connectivity index (χ4v) is 4.02. The molecule has 1 heterocycles. The second-order valence-electron chi connectivity index (χ2n) is 3.98. The highest BCUT2D eigenvalue weighted by atomic mass is 79.9. The molecule has 2 rings (SSSR count). The number of aryl methyl sites for hydroxylation is 1. The Morgan fingerprint density at radius 3 is 2.44 bits per heavy atom. The average Bonchev–Trinajstić information content (AvgIpc) is 2.58. The first-order valence-corrected chi connectivity index (χ1v) is 7.80. The number of thiophene rings is 1. The minimum atomic E-state index is -0.230. The Morgan fingerprint density at radius 1 is 1.22 bits per heavy atom. The summed E-state index contributed by atoms with van der Waals surface area (Å²) in [7, 11) is 1.88. The van der Waals surface area contributed by atoms with Crippen molar-refractivity contribution in [1.82, 2.24) is 5.32 Å². The van der Waals surface area contributed by atoms with Crippen LogP contribution in [0, 0.1) is 12.7 Å². The first-order valence-electron chi connectivity index (χ1n) is 5.40. The van der Waals surface area contributed by atoms with Crippen LogP contribution < -0.4 is 5.32 Å². The van der Waals surface area contributed by atoms with Crippen LogP contribution in [-0.4, -0.2) is 7.05 Å². The molecule has 1 unspecified atom stereocenters. The molecule has 0 aliphatic heterocycles. The van der Waals surface area contributed by atoms with E-state index in [1.165, 1.54) is 15.8 Å². The van der Waals surface area contributed by atoms with Gasteiger partial charge in [0, 0.05) is 18.7 Å². The Hall–Kier alpha value is -0.230. The summed E-state index contributed by atoms with van der Waals surface area (Å²) in [6, 6.07) is 7.06. The standard InChI is InChI=1S/C13H12Br2FNS/c1-7-11(15)6-12(18-7)13(17-2)8-3-9(14)5-10(16)4-8/h3-6,13,17H,1-2H3. The number of halogens is 3. The zero-order valence-corrected chi connectivity index (χ0v) is 13.9. The first-order chi connectivity index (χ1) is 8.51. The first kappa shape index (κ1) is 14.2. The zero-order chi connectivity index (χ0) is 13.3. The molecule has 0 amide bonds. The van der Waals surface area contributed by atoms with Crippen molar-refractivity contribution in [2.24, 2.45) is 0 Å². The molecule has 0 saturated heterocycles. The summed E-state index contributed by atoms with van der Waals surface area (Å²) in [5.41, 5.74) is 0.915. The summed E-state index contributed by atoms with van der Waals surface area (Å²) in [6.07, 6.45) is 0. The van der Waals surface area contributed by atoms with E-state index >= 15 is 0 Å². The van der Waals surface area contributed by atoms with Crippen molar-refractivity contribution in [3.63, 3.8) is 0 Å². The second-order valence-corrected chi connectivity index (χ2v) is 7.04. The Morgan fingerprint density at radius 2 is 1.94 bits per heavy atom. The van der Waals surface area contributed by atoms with Gasteiger partial charge in [-0.2, -0.15) is 0 Å². The lowest BCUT2D eigenvalue weighted by molar-refractivity contribution is 0.617. The number of hydrogen-bond acceptors (Lipinski definition) is 2. The van der Waals surface area contributed by atoms with Crippen molar-refractivity contribution in [3.8, 4) is 0 Å². The lowest BCUT2D eigenvalue weighted by atomic mass is 10.1. The van der Waals surface area contributed by atoms with Crippen molar-refractivity contribution < 1.29 is 4.39 Å². The van der Waals surface area contributed by atoms with Gasteiger partial charge in [-0.3, -0.25) is 0 Å². The second kappa shape index (κ2) is 5.82. The van der Waals surface area contributed by atoms with Crippen molar-refractivity contribution in [2.45, 2.75) is 13.0 Å². The van der Waals surface area contributed by atoms with Crippen LogP contribution >= 0.6 is 43.2 Å². The molecule has 1 atom stereocenters.